The van der Waals surface area contributed by atoms with E-state index in [2.05, 4.69) is 11.6 Å². The Kier molecular flexibility index (Phi) is 3.85. The first-order chi connectivity index (χ1) is 8.56. The third-order valence-corrected chi connectivity index (χ3v) is 5.12. The second kappa shape index (κ2) is 5.22. The van der Waals surface area contributed by atoms with Gasteiger partial charge in [0.2, 0.25) is 0 Å². The highest BCUT2D eigenvalue weighted by Gasteiger charge is 2.35. The first-order valence-corrected chi connectivity index (χ1v) is 7.42. The number of carboxylic acid groups (broad SMARTS) is 1. The number of anilines is 1. The molecule has 0 bridgehead atoms. The number of nitrogens with one attached hydrogen (secondary N) is 1. The minimum atomic E-state index is -0.871. The van der Waals surface area contributed by atoms with Crippen molar-refractivity contribution >= 4 is 23.4 Å². The minimum Gasteiger partial charge on any atom is -0.478 e. The first kappa shape index (κ1) is 13.3. The van der Waals surface area contributed by atoms with Gasteiger partial charge in [0.15, 0.2) is 0 Å². The van der Waals surface area contributed by atoms with Crippen LogP contribution >= 0.6 is 11.8 Å². The summed E-state index contributed by atoms with van der Waals surface area (Å²) in [5.74, 6) is -0.871. The molecule has 1 aromatic rings. The Morgan fingerprint density at radius 2 is 2.22 bits per heavy atom. The molecule has 1 aliphatic carbocycles. The Bertz CT molecular complexity index is 450. The fraction of sp³-hybridized carbons (Fsp3) is 0.500. The molecule has 0 heterocycles. The van der Waals surface area contributed by atoms with E-state index in [1.54, 1.807) is 6.07 Å². The van der Waals surface area contributed by atoms with Crippen molar-refractivity contribution in [3.8, 4) is 0 Å². The van der Waals surface area contributed by atoms with Crippen molar-refractivity contribution in [2.75, 3.05) is 18.1 Å². The zero-order valence-electron chi connectivity index (χ0n) is 10.8. The largest absolute Gasteiger partial charge is 0.478 e. The van der Waals surface area contributed by atoms with Gasteiger partial charge in [0.1, 0.15) is 0 Å². The van der Waals surface area contributed by atoms with E-state index in [-0.39, 0.29) is 0 Å². The lowest BCUT2D eigenvalue weighted by molar-refractivity contribution is 0.0698. The number of benzene rings is 1. The van der Waals surface area contributed by atoms with Gasteiger partial charge in [-0.3, -0.25) is 0 Å². The number of hydrogen-bond donors (Lipinski definition) is 2. The van der Waals surface area contributed by atoms with Gasteiger partial charge in [-0.05, 0) is 43.7 Å². The topological polar surface area (TPSA) is 49.3 Å². The molecule has 1 aromatic carbocycles. The average Bonchev–Trinajstić information content (AvgIpc) is 2.28. The molecule has 18 heavy (non-hydrogen) atoms. The summed E-state index contributed by atoms with van der Waals surface area (Å²) in [6.45, 7) is 2.82. The van der Waals surface area contributed by atoms with Crippen molar-refractivity contribution in [1.29, 1.82) is 0 Å². The second-order valence-electron chi connectivity index (χ2n) is 4.95. The Morgan fingerprint density at radius 1 is 1.50 bits per heavy atom. The number of aromatic carboxylic acids is 1. The van der Waals surface area contributed by atoms with E-state index in [1.165, 1.54) is 19.3 Å². The summed E-state index contributed by atoms with van der Waals surface area (Å²) in [6.07, 6.45) is 5.85. The van der Waals surface area contributed by atoms with Crippen LogP contribution in [-0.2, 0) is 0 Å². The summed E-state index contributed by atoms with van der Waals surface area (Å²) < 4.78 is 0.305. The van der Waals surface area contributed by atoms with Crippen molar-refractivity contribution in [2.45, 2.75) is 30.9 Å². The zero-order chi connectivity index (χ0) is 13.2. The summed E-state index contributed by atoms with van der Waals surface area (Å²) in [7, 11) is 0. The van der Waals surface area contributed by atoms with Crippen LogP contribution in [0.3, 0.4) is 0 Å². The zero-order valence-corrected chi connectivity index (χ0v) is 11.6. The SMILES string of the molecule is CSC1(CNc2cc(C)ccc2C(=O)O)CCC1. The van der Waals surface area contributed by atoms with Gasteiger partial charge in [-0.15, -0.1) is 0 Å². The van der Waals surface area contributed by atoms with E-state index < -0.39 is 5.97 Å². The van der Waals surface area contributed by atoms with Gasteiger partial charge in [0, 0.05) is 17.0 Å². The molecule has 2 rings (SSSR count). The van der Waals surface area contributed by atoms with E-state index in [4.69, 9.17) is 5.11 Å². The standard InChI is InChI=1S/C14H19NO2S/c1-10-4-5-11(13(16)17)12(8-10)15-9-14(18-2)6-3-7-14/h4-5,8,15H,3,6-7,9H2,1-2H3,(H,16,17). The normalized spacial score (nSPS) is 17.0. The molecular weight excluding hydrogens is 246 g/mol. The van der Waals surface area contributed by atoms with Crippen LogP contribution in [0.25, 0.3) is 0 Å². The monoisotopic (exact) mass is 265 g/mol. The molecule has 98 valence electrons. The summed E-state index contributed by atoms with van der Waals surface area (Å²) >= 11 is 1.89. The molecule has 3 nitrogen and oxygen atoms in total. The summed E-state index contributed by atoms with van der Waals surface area (Å²) in [5, 5.41) is 12.5. The lowest BCUT2D eigenvalue weighted by Crippen LogP contribution is -2.40. The molecule has 0 saturated heterocycles. The third kappa shape index (κ3) is 2.64. The molecule has 0 atom stereocenters. The maximum Gasteiger partial charge on any atom is 0.337 e. The Labute approximate surface area is 112 Å². The first-order valence-electron chi connectivity index (χ1n) is 6.19. The number of carboxylic acids is 1. The van der Waals surface area contributed by atoms with Gasteiger partial charge >= 0.3 is 5.97 Å². The van der Waals surface area contributed by atoms with E-state index in [1.807, 2.05) is 30.8 Å². The van der Waals surface area contributed by atoms with Gasteiger partial charge in [-0.1, -0.05) is 12.5 Å². The highest BCUT2D eigenvalue weighted by atomic mass is 32.2. The van der Waals surface area contributed by atoms with Gasteiger partial charge in [-0.2, -0.15) is 11.8 Å². The molecule has 0 spiro atoms. The fourth-order valence-corrected chi connectivity index (χ4v) is 3.18. The molecule has 0 unspecified atom stereocenters. The highest BCUT2D eigenvalue weighted by molar-refractivity contribution is 8.00. The molecule has 0 aliphatic heterocycles. The van der Waals surface area contributed by atoms with Crippen LogP contribution in [0.4, 0.5) is 5.69 Å². The van der Waals surface area contributed by atoms with Crippen LogP contribution < -0.4 is 5.32 Å². The lowest BCUT2D eigenvalue weighted by atomic mass is 9.84. The molecule has 0 radical (unpaired) electrons. The molecule has 1 fully saturated rings. The van der Waals surface area contributed by atoms with Crippen LogP contribution in [0.5, 0.6) is 0 Å². The number of hydrogen-bond acceptors (Lipinski definition) is 3. The van der Waals surface area contributed by atoms with Crippen molar-refractivity contribution in [2.24, 2.45) is 0 Å². The maximum absolute atomic E-state index is 11.2. The summed E-state index contributed by atoms with van der Waals surface area (Å²) in [5.41, 5.74) is 2.17. The molecule has 2 N–H and O–H groups in total. The molecule has 4 heteroatoms. The summed E-state index contributed by atoms with van der Waals surface area (Å²) in [6, 6.07) is 5.42. The van der Waals surface area contributed by atoms with E-state index in [0.29, 0.717) is 10.3 Å². The lowest BCUT2D eigenvalue weighted by Gasteiger charge is -2.40. The number of aryl methyl sites for hydroxylation is 1. The van der Waals surface area contributed by atoms with Crippen LogP contribution in [0.15, 0.2) is 18.2 Å². The number of rotatable bonds is 5. The van der Waals surface area contributed by atoms with Crippen LogP contribution in [0, 0.1) is 6.92 Å². The minimum absolute atomic E-state index is 0.305. The van der Waals surface area contributed by atoms with E-state index in [9.17, 15) is 4.79 Å². The quantitative estimate of drug-likeness (QED) is 0.856. The van der Waals surface area contributed by atoms with Crippen molar-refractivity contribution in [3.05, 3.63) is 29.3 Å². The molecule has 0 amide bonds. The maximum atomic E-state index is 11.2. The number of thioether (sulfide) groups is 1. The smallest absolute Gasteiger partial charge is 0.337 e. The van der Waals surface area contributed by atoms with Gasteiger partial charge in [0.25, 0.3) is 0 Å². The fourth-order valence-electron chi connectivity index (χ4n) is 2.27. The van der Waals surface area contributed by atoms with Crippen molar-refractivity contribution < 1.29 is 9.90 Å². The van der Waals surface area contributed by atoms with E-state index >= 15 is 0 Å². The predicted octanol–water partition coefficient (Wildman–Crippen LogP) is 3.39. The predicted molar refractivity (Wildman–Crippen MR) is 76.7 cm³/mol. The Hall–Kier alpha value is -1.16. The van der Waals surface area contributed by atoms with Crippen LogP contribution in [-0.4, -0.2) is 28.6 Å². The van der Waals surface area contributed by atoms with E-state index in [0.717, 1.165) is 17.8 Å². The van der Waals surface area contributed by atoms with Gasteiger partial charge in [-0.25, -0.2) is 4.79 Å². The Morgan fingerprint density at radius 3 is 2.72 bits per heavy atom. The molecule has 0 aromatic heterocycles. The Balaban J connectivity index is 2.12. The van der Waals surface area contributed by atoms with Crippen molar-refractivity contribution in [1.82, 2.24) is 0 Å². The molecule has 1 aliphatic rings. The van der Waals surface area contributed by atoms with Crippen molar-refractivity contribution in [3.63, 3.8) is 0 Å². The van der Waals surface area contributed by atoms with Gasteiger partial charge in [0.05, 0.1) is 5.56 Å². The average molecular weight is 265 g/mol. The molecular formula is C14H19NO2S. The van der Waals surface area contributed by atoms with Crippen LogP contribution in [0.2, 0.25) is 0 Å². The summed E-state index contributed by atoms with van der Waals surface area (Å²) in [4.78, 5) is 11.2. The second-order valence-corrected chi connectivity index (χ2v) is 6.22. The highest BCUT2D eigenvalue weighted by Crippen LogP contribution is 2.42. The number of carbonyl (C=O) groups is 1. The molecule has 1 saturated carbocycles. The third-order valence-electron chi connectivity index (χ3n) is 3.70. The van der Waals surface area contributed by atoms with Crippen LogP contribution in [0.1, 0.15) is 35.2 Å². The van der Waals surface area contributed by atoms with Gasteiger partial charge < -0.3 is 10.4 Å².